The van der Waals surface area contributed by atoms with Gasteiger partial charge in [-0.1, -0.05) is 11.8 Å². The Hall–Kier alpha value is -2.02. The van der Waals surface area contributed by atoms with E-state index in [9.17, 15) is 19.5 Å². The number of carbonyl (C=O) groups excluding carboxylic acids is 1. The van der Waals surface area contributed by atoms with Gasteiger partial charge in [0.1, 0.15) is 5.82 Å². The molecular weight excluding hydrogens is 457 g/mol. The number of aromatic nitrogens is 2. The van der Waals surface area contributed by atoms with Crippen LogP contribution in [0.2, 0.25) is 0 Å². The number of benzene rings is 1. The molecule has 0 aliphatic carbocycles. The van der Waals surface area contributed by atoms with Crippen LogP contribution in [0.5, 0.6) is 0 Å². The third-order valence-corrected chi connectivity index (χ3v) is 5.62. The van der Waals surface area contributed by atoms with E-state index >= 15 is 0 Å². The lowest BCUT2D eigenvalue weighted by Crippen LogP contribution is -2.40. The number of aliphatic hydroxyl groups excluding tert-OH is 1. The predicted octanol–water partition coefficient (Wildman–Crippen LogP) is 2.10. The summed E-state index contributed by atoms with van der Waals surface area (Å²) in [5.74, 6) is -0.502. The van der Waals surface area contributed by atoms with E-state index in [2.05, 4.69) is 31.2 Å². The summed E-state index contributed by atoms with van der Waals surface area (Å²) in [4.78, 5) is 18.2. The average molecular weight is 474 g/mol. The van der Waals surface area contributed by atoms with E-state index in [-0.39, 0.29) is 38.8 Å². The summed E-state index contributed by atoms with van der Waals surface area (Å²) in [6, 6.07) is 4.08. The summed E-state index contributed by atoms with van der Waals surface area (Å²) in [5, 5.41) is 26.7. The Morgan fingerprint density at radius 3 is 2.86 bits per heavy atom. The number of aliphatic imine (C=N–C) groups is 1. The number of hydroxylamine groups is 1. The molecule has 1 saturated heterocycles. The number of amides is 1. The molecular formula is C16H17BrFN5O4S. The molecule has 2 heterocycles. The van der Waals surface area contributed by atoms with Crippen molar-refractivity contribution in [2.24, 2.45) is 4.99 Å². The first-order chi connectivity index (χ1) is 13.5. The molecule has 1 amide bonds. The Balaban J connectivity index is 1.70. The highest BCUT2D eigenvalue weighted by Gasteiger charge is 2.23. The number of carbonyl (C=O) groups is 1. The number of hydrogen-bond acceptors (Lipinski definition) is 8. The molecule has 1 aliphatic heterocycles. The van der Waals surface area contributed by atoms with Crippen LogP contribution < -0.4 is 5.48 Å². The first kappa shape index (κ1) is 20.7. The molecule has 0 spiro atoms. The van der Waals surface area contributed by atoms with Crippen molar-refractivity contribution in [2.75, 3.05) is 18.8 Å². The normalized spacial score (nSPS) is 15.7. The first-order valence-electron chi connectivity index (χ1n) is 8.33. The van der Waals surface area contributed by atoms with E-state index < -0.39 is 5.82 Å². The van der Waals surface area contributed by atoms with Crippen LogP contribution in [-0.4, -0.2) is 62.2 Å². The van der Waals surface area contributed by atoms with Crippen molar-refractivity contribution in [3.05, 3.63) is 34.2 Å². The minimum Gasteiger partial charge on any atom is -0.393 e. The zero-order valence-electron chi connectivity index (χ0n) is 14.5. The van der Waals surface area contributed by atoms with Gasteiger partial charge in [-0.2, -0.15) is 0 Å². The third kappa shape index (κ3) is 5.07. The number of nitrogens with one attached hydrogen (secondary N) is 1. The smallest absolute Gasteiger partial charge is 0.232 e. The summed E-state index contributed by atoms with van der Waals surface area (Å²) in [6.45, 7) is 1.02. The van der Waals surface area contributed by atoms with Gasteiger partial charge in [0.2, 0.25) is 5.91 Å². The fourth-order valence-corrected chi connectivity index (χ4v) is 3.74. The second-order valence-electron chi connectivity index (χ2n) is 5.99. The maximum absolute atomic E-state index is 13.4. The summed E-state index contributed by atoms with van der Waals surface area (Å²) < 4.78 is 18.3. The van der Waals surface area contributed by atoms with Gasteiger partial charge in [-0.15, -0.1) is 0 Å². The predicted molar refractivity (Wildman–Crippen MR) is 102 cm³/mol. The van der Waals surface area contributed by atoms with Crippen LogP contribution in [0.15, 0.2) is 37.3 Å². The highest BCUT2D eigenvalue weighted by atomic mass is 79.9. The number of likely N-dealkylation sites (tertiary alicyclic amines) is 1. The van der Waals surface area contributed by atoms with E-state index in [1.54, 1.807) is 4.90 Å². The molecule has 0 saturated carbocycles. The Kier molecular flexibility index (Phi) is 6.99. The molecule has 0 unspecified atom stereocenters. The first-order valence-corrected chi connectivity index (χ1v) is 10.1. The highest BCUT2D eigenvalue weighted by Crippen LogP contribution is 2.25. The molecule has 1 aromatic heterocycles. The second kappa shape index (κ2) is 9.45. The molecule has 150 valence electrons. The average Bonchev–Trinajstić information content (AvgIpc) is 3.16. The van der Waals surface area contributed by atoms with Crippen LogP contribution in [0.4, 0.5) is 10.1 Å². The van der Waals surface area contributed by atoms with Gasteiger partial charge in [0.15, 0.2) is 16.6 Å². The maximum Gasteiger partial charge on any atom is 0.232 e. The van der Waals surface area contributed by atoms with Crippen LogP contribution in [0, 0.1) is 5.82 Å². The van der Waals surface area contributed by atoms with Gasteiger partial charge in [0, 0.05) is 13.1 Å². The lowest BCUT2D eigenvalue weighted by atomic mass is 10.1. The number of amidine groups is 1. The molecule has 2 aromatic rings. The van der Waals surface area contributed by atoms with Crippen LogP contribution in [0.25, 0.3) is 0 Å². The molecule has 3 N–H and O–H groups in total. The summed E-state index contributed by atoms with van der Waals surface area (Å²) >= 11 is 4.16. The van der Waals surface area contributed by atoms with Crippen LogP contribution in [-0.2, 0) is 4.79 Å². The van der Waals surface area contributed by atoms with Gasteiger partial charge in [0.05, 0.1) is 22.0 Å². The van der Waals surface area contributed by atoms with Gasteiger partial charge in [-0.3, -0.25) is 15.5 Å². The van der Waals surface area contributed by atoms with Gasteiger partial charge in [0.25, 0.3) is 0 Å². The largest absolute Gasteiger partial charge is 0.393 e. The fraction of sp³-hybridized carbons (Fsp3) is 0.375. The topological polar surface area (TPSA) is 124 Å². The van der Waals surface area contributed by atoms with Crippen molar-refractivity contribution < 1.29 is 24.1 Å². The minimum atomic E-state index is -0.444. The number of rotatable bonds is 5. The fourth-order valence-electron chi connectivity index (χ4n) is 2.57. The molecule has 3 rings (SSSR count). The van der Waals surface area contributed by atoms with E-state index in [1.165, 1.54) is 18.2 Å². The van der Waals surface area contributed by atoms with E-state index in [0.717, 1.165) is 11.8 Å². The highest BCUT2D eigenvalue weighted by molar-refractivity contribution is 9.10. The SMILES string of the molecule is O=C(CSc1nonc1C(=Nc1ccc(F)c(Br)c1)NO)N1CCC(O)CC1. The number of halogens is 2. The number of aliphatic hydroxyl groups is 1. The molecule has 28 heavy (non-hydrogen) atoms. The summed E-state index contributed by atoms with van der Waals surface area (Å²) in [7, 11) is 0. The van der Waals surface area contributed by atoms with E-state index in [4.69, 9.17) is 4.63 Å². The molecule has 1 fully saturated rings. The summed E-state index contributed by atoms with van der Waals surface area (Å²) in [6.07, 6.45) is 0.765. The van der Waals surface area contributed by atoms with Crippen molar-refractivity contribution in [2.45, 2.75) is 24.0 Å². The Labute approximate surface area is 172 Å². The van der Waals surface area contributed by atoms with Crippen molar-refractivity contribution in [3.63, 3.8) is 0 Å². The number of nitrogens with zero attached hydrogens (tertiary/aromatic N) is 4. The third-order valence-electron chi connectivity index (χ3n) is 4.08. The van der Waals surface area contributed by atoms with Gasteiger partial charge < -0.3 is 10.0 Å². The number of hydrogen-bond donors (Lipinski definition) is 3. The van der Waals surface area contributed by atoms with E-state index in [0.29, 0.717) is 31.6 Å². The molecule has 0 radical (unpaired) electrons. The Bertz CT molecular complexity index is 872. The standard InChI is InChI=1S/C16H17BrFN5O4S/c17-11-7-9(1-2-12(11)18)19-15(20-26)14-16(22-27-21-14)28-8-13(25)23-5-3-10(24)4-6-23/h1-2,7,10,24,26H,3-6,8H2,(H,19,20). The zero-order chi connectivity index (χ0) is 20.1. The maximum atomic E-state index is 13.4. The zero-order valence-corrected chi connectivity index (χ0v) is 16.9. The number of piperidine rings is 1. The second-order valence-corrected chi connectivity index (χ2v) is 7.81. The van der Waals surface area contributed by atoms with Crippen LogP contribution in [0.3, 0.4) is 0 Å². The number of thioether (sulfide) groups is 1. The van der Waals surface area contributed by atoms with Gasteiger partial charge in [-0.25, -0.2) is 14.0 Å². The van der Waals surface area contributed by atoms with Crippen molar-refractivity contribution in [3.8, 4) is 0 Å². The minimum absolute atomic E-state index is 0.0594. The van der Waals surface area contributed by atoms with Crippen molar-refractivity contribution >= 4 is 45.1 Å². The van der Waals surface area contributed by atoms with Gasteiger partial charge >= 0.3 is 0 Å². The lowest BCUT2D eigenvalue weighted by molar-refractivity contribution is -0.130. The Morgan fingerprint density at radius 2 is 2.18 bits per heavy atom. The quantitative estimate of drug-likeness (QED) is 0.261. The van der Waals surface area contributed by atoms with Gasteiger partial charge in [-0.05, 0) is 57.3 Å². The molecule has 0 atom stereocenters. The molecule has 1 aromatic carbocycles. The molecule has 12 heteroatoms. The van der Waals surface area contributed by atoms with Crippen molar-refractivity contribution in [1.29, 1.82) is 0 Å². The van der Waals surface area contributed by atoms with Crippen LogP contribution in [0.1, 0.15) is 18.5 Å². The molecule has 1 aliphatic rings. The Morgan fingerprint density at radius 1 is 1.43 bits per heavy atom. The van der Waals surface area contributed by atoms with Crippen molar-refractivity contribution in [1.82, 2.24) is 20.7 Å². The van der Waals surface area contributed by atoms with Crippen LogP contribution >= 0.6 is 27.7 Å². The summed E-state index contributed by atoms with van der Waals surface area (Å²) in [5.41, 5.74) is 2.40. The molecule has 0 bridgehead atoms. The molecule has 9 nitrogen and oxygen atoms in total. The monoisotopic (exact) mass is 473 g/mol. The van der Waals surface area contributed by atoms with E-state index in [1.807, 2.05) is 5.48 Å². The lowest BCUT2D eigenvalue weighted by Gasteiger charge is -2.29.